The number of anilines is 1. The summed E-state index contributed by atoms with van der Waals surface area (Å²) in [6, 6.07) is 1.57. The van der Waals surface area contributed by atoms with Gasteiger partial charge < -0.3 is 5.32 Å². The number of nitrogens with one attached hydrogen (secondary N) is 1. The van der Waals surface area contributed by atoms with Crippen LogP contribution in [0.3, 0.4) is 0 Å². The Morgan fingerprint density at radius 2 is 2.11 bits per heavy atom. The van der Waals surface area contributed by atoms with E-state index >= 15 is 0 Å². The second-order valence-electron chi connectivity index (χ2n) is 4.60. The molecule has 0 atom stereocenters. The summed E-state index contributed by atoms with van der Waals surface area (Å²) in [7, 11) is 0. The van der Waals surface area contributed by atoms with Gasteiger partial charge in [0.1, 0.15) is 0 Å². The number of thioether (sulfide) groups is 1. The van der Waals surface area contributed by atoms with Gasteiger partial charge in [-0.3, -0.25) is 4.79 Å². The van der Waals surface area contributed by atoms with E-state index in [1.807, 2.05) is 0 Å². The summed E-state index contributed by atoms with van der Waals surface area (Å²) in [5, 5.41) is 4.16. The van der Waals surface area contributed by atoms with Crippen molar-refractivity contribution in [3.63, 3.8) is 0 Å². The Balaban J connectivity index is 1.80. The zero-order valence-electron chi connectivity index (χ0n) is 10.5. The summed E-state index contributed by atoms with van der Waals surface area (Å²) in [5.41, 5.74) is 0. The number of rotatable bonds is 4. The molecule has 1 heterocycles. The second kappa shape index (κ2) is 7.36. The molecule has 6 heteroatoms. The van der Waals surface area contributed by atoms with Gasteiger partial charge in [0.25, 0.3) is 0 Å². The van der Waals surface area contributed by atoms with Gasteiger partial charge in [0.2, 0.25) is 5.91 Å². The van der Waals surface area contributed by atoms with E-state index in [2.05, 4.69) is 10.3 Å². The second-order valence-corrected chi connectivity index (χ2v) is 6.74. The molecule has 1 saturated carbocycles. The molecule has 0 unspecified atom stereocenters. The first-order valence-corrected chi connectivity index (χ1v) is 8.18. The molecule has 104 valence electrons. The van der Waals surface area contributed by atoms with Gasteiger partial charge in [-0.05, 0) is 18.9 Å². The van der Waals surface area contributed by atoms with Gasteiger partial charge in [-0.15, -0.1) is 11.8 Å². The van der Waals surface area contributed by atoms with Crippen molar-refractivity contribution < 1.29 is 4.79 Å². The number of hydrogen-bond acceptors (Lipinski definition) is 3. The van der Waals surface area contributed by atoms with Crippen LogP contribution in [0.5, 0.6) is 0 Å². The predicted octanol–water partition coefficient (Wildman–Crippen LogP) is 4.39. The van der Waals surface area contributed by atoms with Crippen LogP contribution in [-0.4, -0.2) is 21.9 Å². The fourth-order valence-electron chi connectivity index (χ4n) is 2.10. The third-order valence-electron chi connectivity index (χ3n) is 3.07. The van der Waals surface area contributed by atoms with E-state index in [4.69, 9.17) is 23.2 Å². The SMILES string of the molecule is O=C(CSC1CCCCC1)Nc1ncc(Cl)cc1Cl. The fraction of sp³-hybridized carbons (Fsp3) is 0.538. The molecule has 1 N–H and O–H groups in total. The zero-order chi connectivity index (χ0) is 13.7. The van der Waals surface area contributed by atoms with Crippen molar-refractivity contribution in [3.8, 4) is 0 Å². The van der Waals surface area contributed by atoms with Crippen LogP contribution in [0.2, 0.25) is 10.0 Å². The van der Waals surface area contributed by atoms with Crippen molar-refractivity contribution in [2.45, 2.75) is 37.4 Å². The van der Waals surface area contributed by atoms with Crippen molar-refractivity contribution in [1.29, 1.82) is 0 Å². The molecular formula is C13H16Cl2N2OS. The first-order valence-electron chi connectivity index (χ1n) is 6.37. The Bertz CT molecular complexity index is 450. The molecule has 1 aromatic heterocycles. The molecule has 0 saturated heterocycles. The maximum atomic E-state index is 11.8. The molecule has 1 fully saturated rings. The molecule has 1 aliphatic rings. The molecule has 1 aliphatic carbocycles. The lowest BCUT2D eigenvalue weighted by atomic mass is 10.0. The van der Waals surface area contributed by atoms with E-state index in [-0.39, 0.29) is 5.91 Å². The molecule has 0 aromatic carbocycles. The van der Waals surface area contributed by atoms with Crippen LogP contribution in [0.4, 0.5) is 5.82 Å². The minimum atomic E-state index is -0.0627. The maximum Gasteiger partial charge on any atom is 0.235 e. The summed E-state index contributed by atoms with van der Waals surface area (Å²) in [6.45, 7) is 0. The molecule has 0 radical (unpaired) electrons. The highest BCUT2D eigenvalue weighted by molar-refractivity contribution is 8.00. The maximum absolute atomic E-state index is 11.8. The minimum absolute atomic E-state index is 0.0627. The number of nitrogens with zero attached hydrogens (tertiary/aromatic N) is 1. The molecule has 0 aliphatic heterocycles. The lowest BCUT2D eigenvalue weighted by Crippen LogP contribution is -2.18. The van der Waals surface area contributed by atoms with E-state index in [0.717, 1.165) is 0 Å². The van der Waals surface area contributed by atoms with E-state index in [1.54, 1.807) is 17.8 Å². The van der Waals surface area contributed by atoms with Gasteiger partial charge in [-0.1, -0.05) is 42.5 Å². The number of hydrogen-bond donors (Lipinski definition) is 1. The van der Waals surface area contributed by atoms with E-state index in [0.29, 0.717) is 26.9 Å². The summed E-state index contributed by atoms with van der Waals surface area (Å²) in [5.74, 6) is 0.762. The van der Waals surface area contributed by atoms with Crippen molar-refractivity contribution in [1.82, 2.24) is 4.98 Å². The molecule has 1 amide bonds. The summed E-state index contributed by atoms with van der Waals surface area (Å²) in [4.78, 5) is 15.8. The number of amides is 1. The molecule has 19 heavy (non-hydrogen) atoms. The highest BCUT2D eigenvalue weighted by Crippen LogP contribution is 2.28. The summed E-state index contributed by atoms with van der Waals surface area (Å²) < 4.78 is 0. The third-order valence-corrected chi connectivity index (χ3v) is 4.93. The van der Waals surface area contributed by atoms with Crippen LogP contribution >= 0.6 is 35.0 Å². The van der Waals surface area contributed by atoms with Crippen molar-refractivity contribution in [3.05, 3.63) is 22.3 Å². The van der Waals surface area contributed by atoms with E-state index in [9.17, 15) is 4.79 Å². The Kier molecular flexibility index (Phi) is 5.79. The number of carbonyl (C=O) groups is 1. The standard InChI is InChI=1S/C13H16Cl2N2OS/c14-9-6-11(15)13(16-7-9)17-12(18)8-19-10-4-2-1-3-5-10/h6-7,10H,1-5,8H2,(H,16,17,18). The van der Waals surface area contributed by atoms with E-state index < -0.39 is 0 Å². The zero-order valence-corrected chi connectivity index (χ0v) is 12.8. The van der Waals surface area contributed by atoms with Crippen molar-refractivity contribution in [2.75, 3.05) is 11.1 Å². The van der Waals surface area contributed by atoms with Gasteiger partial charge in [-0.25, -0.2) is 4.98 Å². The van der Waals surface area contributed by atoms with Crippen molar-refractivity contribution in [2.24, 2.45) is 0 Å². The average molecular weight is 319 g/mol. The first-order chi connectivity index (χ1) is 9.15. The fourth-order valence-corrected chi connectivity index (χ4v) is 3.65. The number of carbonyl (C=O) groups excluding carboxylic acids is 1. The monoisotopic (exact) mass is 318 g/mol. The molecule has 1 aromatic rings. The molecule has 3 nitrogen and oxygen atoms in total. The van der Waals surface area contributed by atoms with E-state index in [1.165, 1.54) is 38.3 Å². The lowest BCUT2D eigenvalue weighted by Gasteiger charge is -2.20. The number of aromatic nitrogens is 1. The highest BCUT2D eigenvalue weighted by atomic mass is 35.5. The van der Waals surface area contributed by atoms with Crippen LogP contribution in [0.1, 0.15) is 32.1 Å². The van der Waals surface area contributed by atoms with Crippen LogP contribution in [-0.2, 0) is 4.79 Å². The quantitative estimate of drug-likeness (QED) is 0.895. The molecular weight excluding hydrogens is 303 g/mol. The van der Waals surface area contributed by atoms with Gasteiger partial charge in [0, 0.05) is 11.4 Å². The minimum Gasteiger partial charge on any atom is -0.309 e. The van der Waals surface area contributed by atoms with Crippen LogP contribution in [0.25, 0.3) is 0 Å². The van der Waals surface area contributed by atoms with Crippen LogP contribution < -0.4 is 5.32 Å². The predicted molar refractivity (Wildman–Crippen MR) is 82.2 cm³/mol. The lowest BCUT2D eigenvalue weighted by molar-refractivity contribution is -0.113. The van der Waals surface area contributed by atoms with Crippen molar-refractivity contribution >= 4 is 46.7 Å². The summed E-state index contributed by atoms with van der Waals surface area (Å²) in [6.07, 6.45) is 7.80. The number of pyridine rings is 1. The van der Waals surface area contributed by atoms with Gasteiger partial charge >= 0.3 is 0 Å². The van der Waals surface area contributed by atoms with Crippen LogP contribution in [0, 0.1) is 0 Å². The largest absolute Gasteiger partial charge is 0.309 e. The number of halogens is 2. The first kappa shape index (κ1) is 14.9. The summed E-state index contributed by atoms with van der Waals surface area (Å²) >= 11 is 13.4. The molecule has 0 spiro atoms. The Morgan fingerprint density at radius 1 is 1.37 bits per heavy atom. The van der Waals surface area contributed by atoms with Gasteiger partial charge in [0.05, 0.1) is 15.8 Å². The normalized spacial score (nSPS) is 16.3. The Morgan fingerprint density at radius 3 is 2.79 bits per heavy atom. The average Bonchev–Trinajstić information content (AvgIpc) is 2.41. The topological polar surface area (TPSA) is 42.0 Å². The molecule has 0 bridgehead atoms. The molecule has 2 rings (SSSR count). The van der Waals surface area contributed by atoms with Crippen LogP contribution in [0.15, 0.2) is 12.3 Å². The smallest absolute Gasteiger partial charge is 0.235 e. The highest BCUT2D eigenvalue weighted by Gasteiger charge is 2.16. The van der Waals surface area contributed by atoms with Gasteiger partial charge in [-0.2, -0.15) is 0 Å². The third kappa shape index (κ3) is 4.86. The Hall–Kier alpha value is -0.450. The van der Waals surface area contributed by atoms with Gasteiger partial charge in [0.15, 0.2) is 5.82 Å². The Labute approximate surface area is 127 Å².